The van der Waals surface area contributed by atoms with Gasteiger partial charge in [-0.2, -0.15) is 4.80 Å². The van der Waals surface area contributed by atoms with Crippen molar-refractivity contribution in [2.45, 2.75) is 25.8 Å². The third-order valence-corrected chi connectivity index (χ3v) is 4.64. The maximum atomic E-state index is 12.7. The molecule has 1 aromatic carbocycles. The molecule has 2 aromatic heterocycles. The van der Waals surface area contributed by atoms with Crippen LogP contribution in [0.25, 0.3) is 11.4 Å². The lowest BCUT2D eigenvalue weighted by Gasteiger charge is -2.19. The molecule has 1 N–H and O–H groups in total. The molecule has 0 radical (unpaired) electrons. The fourth-order valence-corrected chi connectivity index (χ4v) is 3.06. The topological polar surface area (TPSA) is 85.6 Å². The number of rotatable bonds is 5. The van der Waals surface area contributed by atoms with Crippen LogP contribution in [0.5, 0.6) is 0 Å². The second kappa shape index (κ2) is 6.67. The first-order valence-electron chi connectivity index (χ1n) is 8.68. The molecule has 0 saturated heterocycles. The molecule has 0 aliphatic heterocycles. The number of pyridine rings is 1. The molecule has 1 aliphatic carbocycles. The van der Waals surface area contributed by atoms with E-state index in [-0.39, 0.29) is 11.9 Å². The normalized spacial score (nSPS) is 14.8. The first-order valence-corrected chi connectivity index (χ1v) is 8.68. The molecular formula is C19H20N6O. The van der Waals surface area contributed by atoms with Crippen molar-refractivity contribution in [3.05, 3.63) is 59.4 Å². The van der Waals surface area contributed by atoms with Gasteiger partial charge in [-0.1, -0.05) is 18.2 Å². The molecule has 0 spiro atoms. The number of amides is 1. The lowest BCUT2D eigenvalue weighted by molar-refractivity contribution is 0.0930. The Balaban J connectivity index is 1.52. The van der Waals surface area contributed by atoms with E-state index >= 15 is 0 Å². The quantitative estimate of drug-likeness (QED) is 0.765. The highest BCUT2D eigenvalue weighted by Gasteiger charge is 2.35. The molecule has 4 rings (SSSR count). The Labute approximate surface area is 151 Å². The average molecular weight is 348 g/mol. The Morgan fingerprint density at radius 1 is 1.23 bits per heavy atom. The van der Waals surface area contributed by atoms with Crippen LogP contribution in [0, 0.1) is 12.8 Å². The molecule has 1 aliphatic rings. The predicted molar refractivity (Wildman–Crippen MR) is 96.1 cm³/mol. The maximum Gasteiger partial charge on any atom is 0.251 e. The predicted octanol–water partition coefficient (Wildman–Crippen LogP) is 2.46. The fraction of sp³-hybridized carbons (Fsp3) is 0.316. The van der Waals surface area contributed by atoms with Crippen molar-refractivity contribution in [3.63, 3.8) is 0 Å². The van der Waals surface area contributed by atoms with E-state index in [0.29, 0.717) is 17.3 Å². The van der Waals surface area contributed by atoms with Crippen LogP contribution in [0.15, 0.2) is 42.6 Å². The molecule has 132 valence electrons. The first kappa shape index (κ1) is 16.4. The van der Waals surface area contributed by atoms with E-state index in [1.807, 2.05) is 31.2 Å². The first-order chi connectivity index (χ1) is 12.6. The molecule has 1 saturated carbocycles. The summed E-state index contributed by atoms with van der Waals surface area (Å²) in [5.41, 5.74) is 3.50. The molecular weight excluding hydrogens is 328 g/mol. The van der Waals surface area contributed by atoms with Gasteiger partial charge in [0.1, 0.15) is 0 Å². The van der Waals surface area contributed by atoms with Crippen molar-refractivity contribution >= 4 is 5.91 Å². The number of aryl methyl sites for hydroxylation is 2. The van der Waals surface area contributed by atoms with Crippen molar-refractivity contribution in [1.29, 1.82) is 0 Å². The Hall–Kier alpha value is -3.09. The van der Waals surface area contributed by atoms with E-state index in [1.54, 1.807) is 25.4 Å². The molecule has 1 atom stereocenters. The number of carbonyl (C=O) groups excluding carboxylic acids is 1. The van der Waals surface area contributed by atoms with Gasteiger partial charge in [0, 0.05) is 17.3 Å². The summed E-state index contributed by atoms with van der Waals surface area (Å²) in [7, 11) is 1.72. The second-order valence-electron chi connectivity index (χ2n) is 6.67. The van der Waals surface area contributed by atoms with Crippen LogP contribution < -0.4 is 5.32 Å². The van der Waals surface area contributed by atoms with Gasteiger partial charge in [-0.05, 0) is 54.7 Å². The van der Waals surface area contributed by atoms with Crippen molar-refractivity contribution in [2.24, 2.45) is 13.0 Å². The summed E-state index contributed by atoms with van der Waals surface area (Å²) < 4.78 is 0. The zero-order chi connectivity index (χ0) is 18.1. The van der Waals surface area contributed by atoms with Crippen LogP contribution >= 0.6 is 0 Å². The average Bonchev–Trinajstić information content (AvgIpc) is 3.41. The minimum Gasteiger partial charge on any atom is -0.343 e. The molecule has 26 heavy (non-hydrogen) atoms. The van der Waals surface area contributed by atoms with Crippen LogP contribution in [0.3, 0.4) is 0 Å². The van der Waals surface area contributed by atoms with E-state index in [2.05, 4.69) is 25.7 Å². The molecule has 0 unspecified atom stereocenters. The van der Waals surface area contributed by atoms with Crippen molar-refractivity contribution in [2.75, 3.05) is 0 Å². The van der Waals surface area contributed by atoms with Crippen LogP contribution in [0.2, 0.25) is 0 Å². The maximum absolute atomic E-state index is 12.7. The molecule has 7 nitrogen and oxygen atoms in total. The van der Waals surface area contributed by atoms with Crippen LogP contribution in [-0.2, 0) is 7.05 Å². The number of nitrogens with zero attached hydrogens (tertiary/aromatic N) is 5. The largest absolute Gasteiger partial charge is 0.343 e. The smallest absolute Gasteiger partial charge is 0.251 e. The third kappa shape index (κ3) is 3.33. The molecule has 7 heteroatoms. The highest BCUT2D eigenvalue weighted by molar-refractivity contribution is 5.94. The van der Waals surface area contributed by atoms with Gasteiger partial charge < -0.3 is 5.32 Å². The standard InChI is InChI=1S/C19H20N6O/c1-12-4-3-11-20-16(12)17(13-5-6-13)21-19(26)15-9-7-14(8-10-15)18-22-24-25(2)23-18/h3-4,7-11,13,17H,5-6H2,1-2H3,(H,21,26)/t17-/m0/s1. The number of hydrogen-bond acceptors (Lipinski definition) is 5. The van der Waals surface area contributed by atoms with Crippen molar-refractivity contribution in [1.82, 2.24) is 30.5 Å². The van der Waals surface area contributed by atoms with Gasteiger partial charge in [-0.25, -0.2) is 0 Å². The van der Waals surface area contributed by atoms with Crippen molar-refractivity contribution in [3.8, 4) is 11.4 Å². The van der Waals surface area contributed by atoms with Gasteiger partial charge in [0.25, 0.3) is 5.91 Å². The molecule has 2 heterocycles. The third-order valence-electron chi connectivity index (χ3n) is 4.64. The molecule has 3 aromatic rings. The van der Waals surface area contributed by atoms with Crippen LogP contribution in [0.1, 0.15) is 40.5 Å². The number of aromatic nitrogens is 5. The summed E-state index contributed by atoms with van der Waals surface area (Å²) >= 11 is 0. The summed E-state index contributed by atoms with van der Waals surface area (Å²) in [6.45, 7) is 2.03. The van der Waals surface area contributed by atoms with Gasteiger partial charge >= 0.3 is 0 Å². The lowest BCUT2D eigenvalue weighted by Crippen LogP contribution is -2.31. The SMILES string of the molecule is Cc1cccnc1[C@@H](NC(=O)c1ccc(-c2nnn(C)n2)cc1)C1CC1. The second-order valence-corrected chi connectivity index (χ2v) is 6.67. The minimum absolute atomic E-state index is 0.0370. The van der Waals surface area contributed by atoms with Gasteiger partial charge in [0.2, 0.25) is 5.82 Å². The van der Waals surface area contributed by atoms with E-state index < -0.39 is 0 Å². The van der Waals surface area contributed by atoms with E-state index in [9.17, 15) is 4.79 Å². The summed E-state index contributed by atoms with van der Waals surface area (Å²) in [6.07, 6.45) is 4.03. The highest BCUT2D eigenvalue weighted by atomic mass is 16.1. The Kier molecular flexibility index (Phi) is 4.20. The highest BCUT2D eigenvalue weighted by Crippen LogP contribution is 2.41. The number of benzene rings is 1. The van der Waals surface area contributed by atoms with Crippen LogP contribution in [0.4, 0.5) is 0 Å². The Morgan fingerprint density at radius 3 is 2.62 bits per heavy atom. The summed E-state index contributed by atoms with van der Waals surface area (Å²) in [6, 6.07) is 11.2. The zero-order valence-corrected chi connectivity index (χ0v) is 14.8. The summed E-state index contributed by atoms with van der Waals surface area (Å²) in [5, 5.41) is 15.1. The van der Waals surface area contributed by atoms with E-state index in [1.165, 1.54) is 4.80 Å². The van der Waals surface area contributed by atoms with Gasteiger partial charge in [0.15, 0.2) is 0 Å². The number of tetrazole rings is 1. The lowest BCUT2D eigenvalue weighted by atomic mass is 10.0. The zero-order valence-electron chi connectivity index (χ0n) is 14.8. The van der Waals surface area contributed by atoms with Crippen LogP contribution in [-0.4, -0.2) is 31.1 Å². The number of hydrogen-bond donors (Lipinski definition) is 1. The van der Waals surface area contributed by atoms with Gasteiger partial charge in [-0.3, -0.25) is 9.78 Å². The molecule has 0 bridgehead atoms. The Morgan fingerprint density at radius 2 is 2.00 bits per heavy atom. The van der Waals surface area contributed by atoms with Crippen molar-refractivity contribution < 1.29 is 4.79 Å². The van der Waals surface area contributed by atoms with E-state index in [4.69, 9.17) is 0 Å². The number of nitrogens with one attached hydrogen (secondary N) is 1. The summed E-state index contributed by atoms with van der Waals surface area (Å²) in [5.74, 6) is 0.917. The number of carbonyl (C=O) groups is 1. The van der Waals surface area contributed by atoms with Gasteiger partial charge in [0.05, 0.1) is 18.8 Å². The Bertz CT molecular complexity index is 929. The fourth-order valence-electron chi connectivity index (χ4n) is 3.06. The monoisotopic (exact) mass is 348 g/mol. The minimum atomic E-state index is -0.0920. The summed E-state index contributed by atoms with van der Waals surface area (Å²) in [4.78, 5) is 18.6. The van der Waals surface area contributed by atoms with E-state index in [0.717, 1.165) is 29.7 Å². The molecule has 1 amide bonds. The molecule has 1 fully saturated rings. The van der Waals surface area contributed by atoms with Gasteiger partial charge in [-0.15, -0.1) is 10.2 Å².